The number of alkyl halides is 2. The number of hydrogen-bond acceptors (Lipinski definition) is 8. The molecule has 1 aromatic carbocycles. The molecule has 2 unspecified atom stereocenters. The summed E-state index contributed by atoms with van der Waals surface area (Å²) in [5.74, 6) is -5.60. The highest BCUT2D eigenvalue weighted by Gasteiger charge is 2.50. The maximum Gasteiger partial charge on any atom is 0.248 e. The molecule has 3 aromatic rings. The molecule has 2 aliphatic carbocycles. The second kappa shape index (κ2) is 10.6. The molecule has 1 N–H and O–H groups in total. The summed E-state index contributed by atoms with van der Waals surface area (Å²) in [5.41, 5.74) is 1.31. The van der Waals surface area contributed by atoms with Gasteiger partial charge >= 0.3 is 0 Å². The lowest BCUT2D eigenvalue weighted by Gasteiger charge is -2.35. The Bertz CT molecular complexity index is 1650. The third kappa shape index (κ3) is 5.87. The molecule has 220 valence electrons. The summed E-state index contributed by atoms with van der Waals surface area (Å²) < 4.78 is 67.6. The van der Waals surface area contributed by atoms with Gasteiger partial charge in [-0.05, 0) is 43.0 Å². The summed E-state index contributed by atoms with van der Waals surface area (Å²) in [6.07, 6.45) is 2.48. The summed E-state index contributed by atoms with van der Waals surface area (Å²) in [6, 6.07) is 10.8. The molecule has 8 nitrogen and oxygen atoms in total. The standard InChI is InChI=1S/C29H28F3N5O3S2/c30-20-13-19(15-34-16-20)27-35-24(23-14-29(31,32)6-5-22(23)26(38)36-28(17-33)7-8-28)25(41-27)18-1-3-21(4-2-18)37-9-11-42(39,40)12-10-37/h1-4,13,15-16,22-23H,5-12,14H2,(H,36,38). The molecule has 1 aliphatic heterocycles. The number of nitrogens with zero attached hydrogens (tertiary/aromatic N) is 4. The Hall–Kier alpha value is -3.50. The predicted octanol–water partition coefficient (Wildman–Crippen LogP) is 4.94. The highest BCUT2D eigenvalue weighted by atomic mass is 32.2. The van der Waals surface area contributed by atoms with Gasteiger partial charge in [0.25, 0.3) is 0 Å². The van der Waals surface area contributed by atoms with Gasteiger partial charge in [-0.1, -0.05) is 12.1 Å². The van der Waals surface area contributed by atoms with Crippen LogP contribution in [0.5, 0.6) is 0 Å². The van der Waals surface area contributed by atoms with E-state index in [1.54, 1.807) is 0 Å². The van der Waals surface area contributed by atoms with E-state index in [9.17, 15) is 31.6 Å². The van der Waals surface area contributed by atoms with E-state index in [2.05, 4.69) is 16.4 Å². The van der Waals surface area contributed by atoms with Crippen molar-refractivity contribution in [2.75, 3.05) is 29.5 Å². The molecule has 42 heavy (non-hydrogen) atoms. The van der Waals surface area contributed by atoms with E-state index in [1.807, 2.05) is 29.2 Å². The molecule has 2 atom stereocenters. The quantitative estimate of drug-likeness (QED) is 0.418. The van der Waals surface area contributed by atoms with Crippen LogP contribution in [-0.4, -0.2) is 60.3 Å². The van der Waals surface area contributed by atoms with Crippen LogP contribution in [0.4, 0.5) is 18.9 Å². The van der Waals surface area contributed by atoms with Crippen LogP contribution >= 0.6 is 11.3 Å². The molecule has 0 bridgehead atoms. The molecule has 13 heteroatoms. The fourth-order valence-electron chi connectivity index (χ4n) is 5.69. The minimum atomic E-state index is -3.04. The Morgan fingerprint density at radius 3 is 2.45 bits per heavy atom. The van der Waals surface area contributed by atoms with Gasteiger partial charge in [-0.3, -0.25) is 9.78 Å². The number of carbonyl (C=O) groups excluding carboxylic acids is 1. The van der Waals surface area contributed by atoms with Crippen LogP contribution < -0.4 is 10.2 Å². The zero-order valence-corrected chi connectivity index (χ0v) is 24.2. The fourth-order valence-corrected chi connectivity index (χ4v) is 8.01. The highest BCUT2D eigenvalue weighted by Crippen LogP contribution is 2.50. The molecule has 1 amide bonds. The molecule has 6 rings (SSSR count). The Labute approximate surface area is 245 Å². The Morgan fingerprint density at radius 1 is 1.10 bits per heavy atom. The number of halogens is 3. The van der Waals surface area contributed by atoms with Crippen LogP contribution in [-0.2, 0) is 14.6 Å². The summed E-state index contributed by atoms with van der Waals surface area (Å²) in [5, 5.41) is 12.7. The van der Waals surface area contributed by atoms with Crippen LogP contribution in [0.1, 0.15) is 43.7 Å². The highest BCUT2D eigenvalue weighted by molar-refractivity contribution is 7.91. The molecule has 1 saturated heterocycles. The summed E-state index contributed by atoms with van der Waals surface area (Å²) in [6.45, 7) is 0.755. The van der Waals surface area contributed by atoms with Crippen molar-refractivity contribution >= 4 is 32.8 Å². The van der Waals surface area contributed by atoms with Crippen molar-refractivity contribution in [3.8, 4) is 27.1 Å². The van der Waals surface area contributed by atoms with Gasteiger partial charge < -0.3 is 10.2 Å². The number of sulfone groups is 1. The first-order valence-electron chi connectivity index (χ1n) is 13.8. The van der Waals surface area contributed by atoms with E-state index >= 15 is 0 Å². The summed E-state index contributed by atoms with van der Waals surface area (Å²) >= 11 is 1.21. The maximum atomic E-state index is 14.9. The van der Waals surface area contributed by atoms with Crippen molar-refractivity contribution in [3.05, 3.63) is 54.2 Å². The van der Waals surface area contributed by atoms with Gasteiger partial charge in [-0.15, -0.1) is 11.3 Å². The number of rotatable bonds is 6. The molecular weight excluding hydrogens is 587 g/mol. The van der Waals surface area contributed by atoms with Crippen LogP contribution in [0.25, 0.3) is 21.0 Å². The molecule has 0 spiro atoms. The Morgan fingerprint density at radius 2 is 1.81 bits per heavy atom. The number of nitrogens with one attached hydrogen (secondary N) is 1. The van der Waals surface area contributed by atoms with Gasteiger partial charge in [0.15, 0.2) is 9.84 Å². The number of carbonyl (C=O) groups is 1. The average Bonchev–Trinajstić information content (AvgIpc) is 3.58. The number of thiazole rings is 1. The van der Waals surface area contributed by atoms with Crippen molar-refractivity contribution < 1.29 is 26.4 Å². The first-order valence-corrected chi connectivity index (χ1v) is 16.4. The minimum Gasteiger partial charge on any atom is -0.369 e. The van der Waals surface area contributed by atoms with Crippen molar-refractivity contribution in [1.29, 1.82) is 5.26 Å². The maximum absolute atomic E-state index is 14.9. The number of nitriles is 1. The van der Waals surface area contributed by atoms with E-state index in [-0.39, 0.29) is 17.9 Å². The van der Waals surface area contributed by atoms with Gasteiger partial charge in [0, 0.05) is 55.2 Å². The number of amides is 1. The average molecular weight is 616 g/mol. The lowest BCUT2D eigenvalue weighted by Crippen LogP contribution is -2.45. The van der Waals surface area contributed by atoms with E-state index < -0.39 is 57.7 Å². The number of hydrogen-bond donors (Lipinski definition) is 1. The fraction of sp³-hybridized carbons (Fsp3) is 0.448. The van der Waals surface area contributed by atoms with Gasteiger partial charge in [-0.25, -0.2) is 26.6 Å². The second-order valence-electron chi connectivity index (χ2n) is 11.3. The lowest BCUT2D eigenvalue weighted by molar-refractivity contribution is -0.131. The Balaban J connectivity index is 1.39. The Kier molecular flexibility index (Phi) is 7.25. The third-order valence-electron chi connectivity index (χ3n) is 8.28. The van der Waals surface area contributed by atoms with Crippen molar-refractivity contribution in [2.45, 2.75) is 49.5 Å². The van der Waals surface area contributed by atoms with Gasteiger partial charge in [-0.2, -0.15) is 5.26 Å². The number of benzene rings is 1. The lowest BCUT2D eigenvalue weighted by atomic mass is 9.74. The minimum absolute atomic E-state index is 0.0599. The van der Waals surface area contributed by atoms with E-state index in [1.165, 1.54) is 23.6 Å². The van der Waals surface area contributed by atoms with Crippen LogP contribution in [0, 0.1) is 23.1 Å². The molecular formula is C29H28F3N5O3S2. The van der Waals surface area contributed by atoms with Gasteiger partial charge in [0.2, 0.25) is 11.8 Å². The summed E-state index contributed by atoms with van der Waals surface area (Å²) in [4.78, 5) is 24.6. The zero-order valence-electron chi connectivity index (χ0n) is 22.5. The molecule has 0 radical (unpaired) electrons. The van der Waals surface area contributed by atoms with Crippen LogP contribution in [0.3, 0.4) is 0 Å². The molecule has 3 fully saturated rings. The topological polar surface area (TPSA) is 116 Å². The molecule has 2 saturated carbocycles. The molecule has 3 aliphatic rings. The van der Waals surface area contributed by atoms with Crippen LogP contribution in [0.2, 0.25) is 0 Å². The number of aromatic nitrogens is 2. The van der Waals surface area contributed by atoms with Crippen LogP contribution in [0.15, 0.2) is 42.7 Å². The van der Waals surface area contributed by atoms with E-state index in [0.717, 1.165) is 11.9 Å². The van der Waals surface area contributed by atoms with Crippen molar-refractivity contribution in [1.82, 2.24) is 15.3 Å². The molecule has 3 heterocycles. The van der Waals surface area contributed by atoms with Gasteiger partial charge in [0.1, 0.15) is 16.4 Å². The zero-order chi connectivity index (χ0) is 29.7. The first kappa shape index (κ1) is 28.6. The molecule has 2 aromatic heterocycles. The van der Waals surface area contributed by atoms with Crippen molar-refractivity contribution in [3.63, 3.8) is 0 Å². The smallest absolute Gasteiger partial charge is 0.248 e. The SMILES string of the molecule is N#CC1(NC(=O)C2CCC(F)(F)CC2c2nc(-c3cncc(F)c3)sc2-c2ccc(N3CCS(=O)(=O)CC3)cc2)CC1. The van der Waals surface area contributed by atoms with Gasteiger partial charge in [0.05, 0.1) is 34.3 Å². The predicted molar refractivity (Wildman–Crippen MR) is 152 cm³/mol. The third-order valence-corrected chi connectivity index (χ3v) is 11.1. The monoisotopic (exact) mass is 615 g/mol. The largest absolute Gasteiger partial charge is 0.369 e. The first-order chi connectivity index (χ1) is 20.0. The number of anilines is 1. The van der Waals surface area contributed by atoms with E-state index in [4.69, 9.17) is 4.98 Å². The number of pyridine rings is 1. The second-order valence-corrected chi connectivity index (χ2v) is 14.6. The van der Waals surface area contributed by atoms with E-state index in [0.29, 0.717) is 52.6 Å². The summed E-state index contributed by atoms with van der Waals surface area (Å²) in [7, 11) is -3.04. The van der Waals surface area contributed by atoms with Crippen molar-refractivity contribution in [2.24, 2.45) is 5.92 Å². The normalized spacial score (nSPS) is 24.0.